The van der Waals surface area contributed by atoms with Crippen LogP contribution >= 0.6 is 0 Å². The van der Waals surface area contributed by atoms with Crippen molar-refractivity contribution >= 4 is 22.9 Å². The Morgan fingerprint density at radius 1 is 1.15 bits per heavy atom. The average molecular weight is 348 g/mol. The van der Waals surface area contributed by atoms with Gasteiger partial charge in [-0.3, -0.25) is 4.99 Å². The molecule has 0 fully saturated rings. The predicted octanol–water partition coefficient (Wildman–Crippen LogP) is 5.71. The molecule has 0 saturated carbocycles. The minimum absolute atomic E-state index is 0.00352. The second kappa shape index (κ2) is 6.45. The molecule has 1 aromatic heterocycles. The van der Waals surface area contributed by atoms with Crippen LogP contribution in [0.5, 0.6) is 0 Å². The minimum Gasteiger partial charge on any atom is -0.464 e. The summed E-state index contributed by atoms with van der Waals surface area (Å²) in [5, 5.41) is 1.12. The molecule has 3 nitrogen and oxygen atoms in total. The van der Waals surface area contributed by atoms with Gasteiger partial charge >= 0.3 is 0 Å². The highest BCUT2D eigenvalue weighted by molar-refractivity contribution is 5.90. The molecule has 3 aromatic rings. The Morgan fingerprint density at radius 2 is 1.92 bits per heavy atom. The summed E-state index contributed by atoms with van der Waals surface area (Å²) in [6.07, 6.45) is 5.68. The van der Waals surface area contributed by atoms with Crippen LogP contribution in [0.15, 0.2) is 64.2 Å². The van der Waals surface area contributed by atoms with Crippen molar-refractivity contribution in [3.63, 3.8) is 0 Å². The van der Waals surface area contributed by atoms with E-state index in [9.17, 15) is 4.39 Å². The number of allylic oxidation sites excluding steroid dienone is 1. The van der Waals surface area contributed by atoms with Crippen LogP contribution < -0.4 is 0 Å². The molecule has 0 aliphatic carbocycles. The maximum absolute atomic E-state index is 13.3. The van der Waals surface area contributed by atoms with Crippen molar-refractivity contribution in [2.45, 2.75) is 33.0 Å². The molecule has 0 amide bonds. The fourth-order valence-corrected chi connectivity index (χ4v) is 3.59. The van der Waals surface area contributed by atoms with Crippen LogP contribution in [-0.4, -0.2) is 17.3 Å². The number of nitrogens with zero attached hydrogens (tertiary/aromatic N) is 2. The normalized spacial score (nSPS) is 18.2. The van der Waals surface area contributed by atoms with Gasteiger partial charge in [-0.25, -0.2) is 4.39 Å². The van der Waals surface area contributed by atoms with Crippen LogP contribution in [0.25, 0.3) is 16.7 Å². The smallest absolute Gasteiger partial charge is 0.134 e. The monoisotopic (exact) mass is 348 g/mol. The molecule has 132 valence electrons. The first-order valence-corrected chi connectivity index (χ1v) is 8.80. The van der Waals surface area contributed by atoms with Crippen LogP contribution in [0.3, 0.4) is 0 Å². The van der Waals surface area contributed by atoms with Gasteiger partial charge in [-0.05, 0) is 73.9 Å². The van der Waals surface area contributed by atoms with Crippen molar-refractivity contribution < 1.29 is 8.81 Å². The first-order valence-electron chi connectivity index (χ1n) is 8.80. The van der Waals surface area contributed by atoms with Gasteiger partial charge in [-0.2, -0.15) is 0 Å². The van der Waals surface area contributed by atoms with E-state index in [2.05, 4.69) is 35.9 Å². The first kappa shape index (κ1) is 16.6. The van der Waals surface area contributed by atoms with Crippen molar-refractivity contribution in [3.8, 4) is 0 Å². The molecule has 2 heterocycles. The average Bonchev–Trinajstić information content (AvgIpc) is 3.02. The van der Waals surface area contributed by atoms with E-state index in [1.807, 2.05) is 37.4 Å². The molecular formula is C22H21FN2O. The molecule has 1 unspecified atom stereocenters. The summed E-state index contributed by atoms with van der Waals surface area (Å²) in [7, 11) is 0. The predicted molar refractivity (Wildman–Crippen MR) is 104 cm³/mol. The van der Waals surface area contributed by atoms with Crippen LogP contribution in [0.4, 0.5) is 4.39 Å². The Morgan fingerprint density at radius 3 is 2.69 bits per heavy atom. The molecule has 2 aromatic carbocycles. The standard InChI is InChI=1S/C22H21FN2O/c1-14-13-26-22-9-6-18(12-20(14)22)21-10-11-24-16(3)25(21)15(2)17-4-7-19(23)8-5-17/h4-13,15-16H,1-3H3/t15-,16?/m0/s1. The highest BCUT2D eigenvalue weighted by Gasteiger charge is 2.26. The Bertz CT molecular complexity index is 1000. The zero-order valence-electron chi connectivity index (χ0n) is 15.1. The third-order valence-corrected chi connectivity index (χ3v) is 5.05. The van der Waals surface area contributed by atoms with E-state index in [-0.39, 0.29) is 18.0 Å². The maximum Gasteiger partial charge on any atom is 0.134 e. The summed E-state index contributed by atoms with van der Waals surface area (Å²) in [6.45, 7) is 6.25. The molecule has 0 spiro atoms. The van der Waals surface area contributed by atoms with Crippen molar-refractivity contribution in [1.29, 1.82) is 0 Å². The molecule has 0 saturated heterocycles. The van der Waals surface area contributed by atoms with Crippen LogP contribution in [0, 0.1) is 12.7 Å². The molecule has 2 atom stereocenters. The molecule has 1 aliphatic rings. The van der Waals surface area contributed by atoms with Gasteiger partial charge in [0.25, 0.3) is 0 Å². The molecule has 1 aliphatic heterocycles. The second-order valence-electron chi connectivity index (χ2n) is 6.75. The van der Waals surface area contributed by atoms with Gasteiger partial charge in [0.05, 0.1) is 12.3 Å². The Kier molecular flexibility index (Phi) is 4.11. The summed E-state index contributed by atoms with van der Waals surface area (Å²) in [6, 6.07) is 13.0. The number of aliphatic imine (C=N–C) groups is 1. The maximum atomic E-state index is 13.3. The van der Waals surface area contributed by atoms with E-state index in [4.69, 9.17) is 4.42 Å². The summed E-state index contributed by atoms with van der Waals surface area (Å²) in [4.78, 5) is 6.82. The van der Waals surface area contributed by atoms with Gasteiger partial charge in [0, 0.05) is 17.3 Å². The highest BCUT2D eigenvalue weighted by Crippen LogP contribution is 2.35. The zero-order valence-corrected chi connectivity index (χ0v) is 15.1. The minimum atomic E-state index is -0.220. The van der Waals surface area contributed by atoms with E-state index in [0.29, 0.717) is 0 Å². The number of furan rings is 1. The SMILES string of the molecule is Cc1coc2ccc(C3=CC=NC(C)N3[C@@H](C)c3ccc(F)cc3)cc12. The number of halogens is 1. The quantitative estimate of drug-likeness (QED) is 0.606. The third kappa shape index (κ3) is 2.81. The Balaban J connectivity index is 1.76. The second-order valence-corrected chi connectivity index (χ2v) is 6.75. The van der Waals surface area contributed by atoms with E-state index >= 15 is 0 Å². The van der Waals surface area contributed by atoms with Crippen molar-refractivity contribution in [2.75, 3.05) is 0 Å². The number of fused-ring (bicyclic) bond motifs is 1. The highest BCUT2D eigenvalue weighted by atomic mass is 19.1. The van der Waals surface area contributed by atoms with Gasteiger partial charge in [0.2, 0.25) is 0 Å². The lowest BCUT2D eigenvalue weighted by Gasteiger charge is -2.38. The van der Waals surface area contributed by atoms with E-state index in [1.54, 1.807) is 6.26 Å². The van der Waals surface area contributed by atoms with Gasteiger partial charge in [0.15, 0.2) is 0 Å². The zero-order chi connectivity index (χ0) is 18.3. The molecule has 0 radical (unpaired) electrons. The summed E-state index contributed by atoms with van der Waals surface area (Å²) >= 11 is 0. The molecule has 0 bridgehead atoms. The van der Waals surface area contributed by atoms with Crippen molar-refractivity contribution in [3.05, 3.63) is 77.3 Å². The third-order valence-electron chi connectivity index (χ3n) is 5.05. The fourth-order valence-electron chi connectivity index (χ4n) is 3.59. The number of rotatable bonds is 3. The number of hydrogen-bond acceptors (Lipinski definition) is 3. The Labute approximate surface area is 152 Å². The number of hydrogen-bond donors (Lipinski definition) is 0. The van der Waals surface area contributed by atoms with Crippen LogP contribution in [-0.2, 0) is 0 Å². The fraction of sp³-hybridized carbons (Fsp3) is 0.227. The number of aryl methyl sites for hydroxylation is 1. The molecule has 4 heteroatoms. The largest absolute Gasteiger partial charge is 0.464 e. The lowest BCUT2D eigenvalue weighted by Crippen LogP contribution is -2.34. The van der Waals surface area contributed by atoms with E-state index in [0.717, 1.165) is 33.4 Å². The summed E-state index contributed by atoms with van der Waals surface area (Å²) in [5.74, 6) is -0.220. The van der Waals surface area contributed by atoms with Gasteiger partial charge in [-0.15, -0.1) is 0 Å². The lowest BCUT2D eigenvalue weighted by molar-refractivity contribution is 0.252. The topological polar surface area (TPSA) is 28.7 Å². The molecular weight excluding hydrogens is 327 g/mol. The first-order chi connectivity index (χ1) is 12.5. The van der Waals surface area contributed by atoms with Crippen molar-refractivity contribution in [1.82, 2.24) is 4.90 Å². The summed E-state index contributed by atoms with van der Waals surface area (Å²) < 4.78 is 18.9. The van der Waals surface area contributed by atoms with Gasteiger partial charge in [0.1, 0.15) is 17.6 Å². The summed E-state index contributed by atoms with van der Waals surface area (Å²) in [5.41, 5.74) is 5.29. The van der Waals surface area contributed by atoms with E-state index in [1.165, 1.54) is 12.1 Å². The lowest BCUT2D eigenvalue weighted by atomic mass is 10.0. The van der Waals surface area contributed by atoms with Gasteiger partial charge < -0.3 is 9.32 Å². The van der Waals surface area contributed by atoms with Crippen LogP contribution in [0.1, 0.15) is 36.6 Å². The van der Waals surface area contributed by atoms with Crippen molar-refractivity contribution in [2.24, 2.45) is 4.99 Å². The Hall–Kier alpha value is -2.88. The molecule has 26 heavy (non-hydrogen) atoms. The number of benzene rings is 2. The van der Waals surface area contributed by atoms with Crippen LogP contribution in [0.2, 0.25) is 0 Å². The van der Waals surface area contributed by atoms with E-state index < -0.39 is 0 Å². The van der Waals surface area contributed by atoms with Gasteiger partial charge in [-0.1, -0.05) is 12.1 Å². The molecule has 4 rings (SSSR count). The molecule has 0 N–H and O–H groups in total.